The molecule has 3 rings (SSSR count). The number of hydrogen-bond donors (Lipinski definition) is 0. The number of aromatic nitrogens is 1. The van der Waals surface area contributed by atoms with E-state index in [4.69, 9.17) is 9.47 Å². The number of pyridine rings is 1. The summed E-state index contributed by atoms with van der Waals surface area (Å²) in [6.45, 7) is 3.83. The van der Waals surface area contributed by atoms with Crippen LogP contribution in [0.4, 0.5) is 0 Å². The van der Waals surface area contributed by atoms with Gasteiger partial charge in [-0.05, 0) is 25.5 Å². The van der Waals surface area contributed by atoms with Crippen molar-refractivity contribution in [3.8, 4) is 0 Å². The van der Waals surface area contributed by atoms with E-state index in [9.17, 15) is 8.42 Å². The molecular weight excluding hydrogens is 330 g/mol. The predicted molar refractivity (Wildman–Crippen MR) is 89.6 cm³/mol. The second kappa shape index (κ2) is 6.68. The third-order valence-electron chi connectivity index (χ3n) is 4.58. The number of rotatable bonds is 5. The number of nitrogens with zero attached hydrogens (tertiary/aromatic N) is 3. The van der Waals surface area contributed by atoms with E-state index >= 15 is 0 Å². The van der Waals surface area contributed by atoms with E-state index in [1.165, 1.54) is 8.61 Å². The first kappa shape index (κ1) is 17.8. The molecule has 24 heavy (non-hydrogen) atoms. The van der Waals surface area contributed by atoms with E-state index < -0.39 is 15.8 Å². The van der Waals surface area contributed by atoms with Crippen LogP contribution in [0.25, 0.3) is 0 Å². The second-order valence-electron chi connectivity index (χ2n) is 6.79. The minimum atomic E-state index is -3.36. The molecule has 2 saturated heterocycles. The van der Waals surface area contributed by atoms with Crippen LogP contribution >= 0.6 is 0 Å². The highest BCUT2D eigenvalue weighted by Crippen LogP contribution is 2.37. The van der Waals surface area contributed by atoms with E-state index in [0.29, 0.717) is 26.3 Å². The quantitative estimate of drug-likeness (QED) is 0.786. The highest BCUT2D eigenvalue weighted by Gasteiger charge is 2.52. The third kappa shape index (κ3) is 3.62. The molecule has 1 aromatic heterocycles. The normalized spacial score (nSPS) is 24.2. The van der Waals surface area contributed by atoms with Gasteiger partial charge in [-0.15, -0.1) is 0 Å². The summed E-state index contributed by atoms with van der Waals surface area (Å²) in [6, 6.07) is 5.89. The van der Waals surface area contributed by atoms with Crippen molar-refractivity contribution in [2.45, 2.75) is 38.1 Å². The zero-order valence-corrected chi connectivity index (χ0v) is 15.3. The highest BCUT2D eigenvalue weighted by atomic mass is 32.2. The smallest absolute Gasteiger partial charge is 0.281 e. The molecule has 1 spiro atoms. The van der Waals surface area contributed by atoms with Crippen molar-refractivity contribution in [1.82, 2.24) is 13.6 Å². The summed E-state index contributed by atoms with van der Waals surface area (Å²) >= 11 is 0. The van der Waals surface area contributed by atoms with E-state index in [1.807, 2.05) is 25.1 Å². The van der Waals surface area contributed by atoms with Crippen LogP contribution in [0.1, 0.15) is 24.2 Å². The van der Waals surface area contributed by atoms with E-state index in [0.717, 1.165) is 24.2 Å². The van der Waals surface area contributed by atoms with Crippen LogP contribution in [0, 0.1) is 6.92 Å². The minimum absolute atomic E-state index is 0.0743. The summed E-state index contributed by atoms with van der Waals surface area (Å²) in [6.07, 6.45) is 1.62. The van der Waals surface area contributed by atoms with Gasteiger partial charge in [0.25, 0.3) is 10.2 Å². The van der Waals surface area contributed by atoms with Gasteiger partial charge in [0, 0.05) is 45.9 Å². The molecule has 0 aromatic carbocycles. The fraction of sp³-hybridized carbons (Fsp3) is 0.688. The van der Waals surface area contributed by atoms with Gasteiger partial charge in [-0.2, -0.15) is 17.0 Å². The van der Waals surface area contributed by atoms with Crippen LogP contribution in [0.2, 0.25) is 0 Å². The molecule has 1 aromatic rings. The Labute approximate surface area is 143 Å². The molecular formula is C16H25N3O4S. The van der Waals surface area contributed by atoms with Gasteiger partial charge in [0.1, 0.15) is 0 Å². The van der Waals surface area contributed by atoms with Crippen LogP contribution in [-0.2, 0) is 26.3 Å². The third-order valence-corrected chi connectivity index (χ3v) is 6.41. The average Bonchev–Trinajstić information content (AvgIpc) is 2.50. The van der Waals surface area contributed by atoms with Crippen molar-refractivity contribution in [2.75, 3.05) is 33.8 Å². The Bertz CT molecular complexity index is 686. The zero-order chi connectivity index (χ0) is 17.4. The van der Waals surface area contributed by atoms with Gasteiger partial charge in [0.2, 0.25) is 0 Å². The Kier molecular flexibility index (Phi) is 4.94. The van der Waals surface area contributed by atoms with Crippen LogP contribution < -0.4 is 0 Å². The second-order valence-corrected chi connectivity index (χ2v) is 8.93. The molecule has 0 N–H and O–H groups in total. The Balaban J connectivity index is 1.54. The van der Waals surface area contributed by atoms with Gasteiger partial charge in [-0.3, -0.25) is 4.98 Å². The summed E-state index contributed by atoms with van der Waals surface area (Å²) in [5, 5.41) is 0. The first-order valence-electron chi connectivity index (χ1n) is 8.16. The Hall–Kier alpha value is -1.06. The molecule has 7 nitrogen and oxygen atoms in total. The maximum absolute atomic E-state index is 12.1. The standard InChI is InChI=1S/C16H25N3O4S/c1-13-5-4-6-14(17-13)10-22-15-7-8-23-16(9-15)11-19(12-16)24(20,21)18(2)3/h4-6,15H,7-12H2,1-3H3. The van der Waals surface area contributed by atoms with Crippen LogP contribution in [0.5, 0.6) is 0 Å². The summed E-state index contributed by atoms with van der Waals surface area (Å²) < 4.78 is 38.8. The molecule has 0 aliphatic carbocycles. The lowest BCUT2D eigenvalue weighted by atomic mass is 9.86. The number of ether oxygens (including phenoxy) is 2. The molecule has 0 radical (unpaired) electrons. The lowest BCUT2D eigenvalue weighted by Crippen LogP contribution is -2.68. The van der Waals surface area contributed by atoms with Gasteiger partial charge >= 0.3 is 0 Å². The Morgan fingerprint density at radius 2 is 2.17 bits per heavy atom. The van der Waals surface area contributed by atoms with E-state index in [-0.39, 0.29) is 6.10 Å². The molecule has 1 atom stereocenters. The zero-order valence-electron chi connectivity index (χ0n) is 14.4. The SMILES string of the molecule is Cc1cccc(COC2CCOC3(C2)CN(S(=O)(=O)N(C)C)C3)n1. The molecule has 1 unspecified atom stereocenters. The largest absolute Gasteiger partial charge is 0.372 e. The molecule has 134 valence electrons. The van der Waals surface area contributed by atoms with E-state index in [2.05, 4.69) is 4.98 Å². The van der Waals surface area contributed by atoms with Gasteiger partial charge < -0.3 is 9.47 Å². The first-order valence-corrected chi connectivity index (χ1v) is 9.56. The minimum Gasteiger partial charge on any atom is -0.372 e. The van der Waals surface area contributed by atoms with Crippen LogP contribution in [0.15, 0.2) is 18.2 Å². The van der Waals surface area contributed by atoms with Gasteiger partial charge in [0.15, 0.2) is 0 Å². The number of aryl methyl sites for hydroxylation is 1. The lowest BCUT2D eigenvalue weighted by Gasteiger charge is -2.52. The van der Waals surface area contributed by atoms with Crippen LogP contribution in [0.3, 0.4) is 0 Å². The first-order chi connectivity index (χ1) is 11.3. The van der Waals surface area contributed by atoms with Gasteiger partial charge in [-0.25, -0.2) is 0 Å². The maximum atomic E-state index is 12.1. The molecule has 0 amide bonds. The lowest BCUT2D eigenvalue weighted by molar-refractivity contribution is -0.181. The molecule has 0 saturated carbocycles. The van der Waals surface area contributed by atoms with Crippen molar-refractivity contribution in [3.05, 3.63) is 29.6 Å². The maximum Gasteiger partial charge on any atom is 0.281 e. The topological polar surface area (TPSA) is 72.0 Å². The molecule has 8 heteroatoms. The van der Waals surface area contributed by atoms with Crippen molar-refractivity contribution in [3.63, 3.8) is 0 Å². The van der Waals surface area contributed by atoms with E-state index in [1.54, 1.807) is 14.1 Å². The number of hydrogen-bond acceptors (Lipinski definition) is 5. The molecule has 0 bridgehead atoms. The Morgan fingerprint density at radius 1 is 1.42 bits per heavy atom. The molecule has 2 fully saturated rings. The van der Waals surface area contributed by atoms with Crippen molar-refractivity contribution >= 4 is 10.2 Å². The molecule has 2 aliphatic heterocycles. The Morgan fingerprint density at radius 3 is 2.83 bits per heavy atom. The summed E-state index contributed by atoms with van der Waals surface area (Å²) in [5.74, 6) is 0. The fourth-order valence-corrected chi connectivity index (χ4v) is 4.48. The summed E-state index contributed by atoms with van der Waals surface area (Å²) in [5.41, 5.74) is 1.50. The van der Waals surface area contributed by atoms with Crippen molar-refractivity contribution < 1.29 is 17.9 Å². The van der Waals surface area contributed by atoms with Gasteiger partial charge in [-0.1, -0.05) is 6.07 Å². The highest BCUT2D eigenvalue weighted by molar-refractivity contribution is 7.86. The van der Waals surface area contributed by atoms with Crippen molar-refractivity contribution in [2.24, 2.45) is 0 Å². The fourth-order valence-electron chi connectivity index (χ4n) is 3.22. The van der Waals surface area contributed by atoms with Crippen LogP contribution in [-0.4, -0.2) is 67.5 Å². The summed E-state index contributed by atoms with van der Waals surface area (Å²) in [7, 11) is -0.268. The molecule has 3 heterocycles. The van der Waals surface area contributed by atoms with Crippen molar-refractivity contribution in [1.29, 1.82) is 0 Å². The monoisotopic (exact) mass is 355 g/mol. The summed E-state index contributed by atoms with van der Waals surface area (Å²) in [4.78, 5) is 4.44. The average molecular weight is 355 g/mol. The predicted octanol–water partition coefficient (Wildman–Crippen LogP) is 0.946. The van der Waals surface area contributed by atoms with Gasteiger partial charge in [0.05, 0.1) is 24.0 Å². The molecule has 2 aliphatic rings.